The highest BCUT2D eigenvalue weighted by Gasteiger charge is 2.33. The van der Waals surface area contributed by atoms with E-state index in [2.05, 4.69) is 5.32 Å². The minimum Gasteiger partial charge on any atom is -0.493 e. The Bertz CT molecular complexity index is 1440. The number of nitrogens with zero attached hydrogens (tertiary/aromatic N) is 2. The van der Waals surface area contributed by atoms with Gasteiger partial charge in [0.05, 0.1) is 24.8 Å². The van der Waals surface area contributed by atoms with Crippen LogP contribution in [0.4, 0.5) is 5.69 Å². The maximum absolute atomic E-state index is 14.1. The molecule has 0 radical (unpaired) electrons. The van der Waals surface area contributed by atoms with Crippen molar-refractivity contribution in [3.63, 3.8) is 0 Å². The van der Waals surface area contributed by atoms with Crippen LogP contribution in [0.15, 0.2) is 77.7 Å². The number of aryl methyl sites for hydroxylation is 1. The van der Waals surface area contributed by atoms with Crippen molar-refractivity contribution in [2.24, 2.45) is 0 Å². The van der Waals surface area contributed by atoms with Gasteiger partial charge in [-0.3, -0.25) is 13.9 Å². The summed E-state index contributed by atoms with van der Waals surface area (Å²) in [4.78, 5) is 28.6. The summed E-state index contributed by atoms with van der Waals surface area (Å²) in [5.41, 5.74) is 2.26. The van der Waals surface area contributed by atoms with Crippen LogP contribution in [0.2, 0.25) is 0 Å². The Balaban J connectivity index is 2.01. The van der Waals surface area contributed by atoms with E-state index >= 15 is 0 Å². The van der Waals surface area contributed by atoms with Gasteiger partial charge in [0.1, 0.15) is 12.6 Å². The molecule has 0 aromatic heterocycles. The molecule has 1 N–H and O–H groups in total. The molecule has 42 heavy (non-hydrogen) atoms. The molecule has 3 aromatic rings. The lowest BCUT2D eigenvalue weighted by molar-refractivity contribution is -0.139. The zero-order chi connectivity index (χ0) is 30.9. The zero-order valence-corrected chi connectivity index (χ0v) is 26.0. The first-order valence-electron chi connectivity index (χ1n) is 14.0. The molecular formula is C32H41N3O6S. The first-order valence-corrected chi connectivity index (χ1v) is 15.4. The van der Waals surface area contributed by atoms with Crippen molar-refractivity contribution in [3.05, 3.63) is 83.9 Å². The SMILES string of the molecule is CC[C@H](C)NC(=O)[C@H](C)N(CCc1ccccc1)C(=O)CN(c1ccc(C)cc1)S(=O)(=O)c1ccc(OC)c(OC)c1. The molecule has 0 aliphatic rings. The predicted octanol–water partition coefficient (Wildman–Crippen LogP) is 4.58. The molecule has 0 saturated carbocycles. The Morgan fingerprint density at radius 2 is 1.55 bits per heavy atom. The van der Waals surface area contributed by atoms with Gasteiger partial charge in [0, 0.05) is 18.7 Å². The van der Waals surface area contributed by atoms with Crippen molar-refractivity contribution < 1.29 is 27.5 Å². The maximum Gasteiger partial charge on any atom is 0.264 e. The zero-order valence-electron chi connectivity index (χ0n) is 25.2. The maximum atomic E-state index is 14.1. The minimum absolute atomic E-state index is 0.0630. The lowest BCUT2D eigenvalue weighted by atomic mass is 10.1. The normalized spacial score (nSPS) is 12.6. The van der Waals surface area contributed by atoms with E-state index in [1.807, 2.05) is 51.1 Å². The molecule has 10 heteroatoms. The van der Waals surface area contributed by atoms with Gasteiger partial charge in [-0.25, -0.2) is 8.42 Å². The van der Waals surface area contributed by atoms with Crippen LogP contribution in [0.3, 0.4) is 0 Å². The van der Waals surface area contributed by atoms with Crippen molar-refractivity contribution in [2.75, 3.05) is 31.6 Å². The molecule has 0 saturated heterocycles. The molecule has 3 aromatic carbocycles. The van der Waals surface area contributed by atoms with Crippen molar-refractivity contribution in [3.8, 4) is 11.5 Å². The minimum atomic E-state index is -4.24. The number of ether oxygens (including phenoxy) is 2. The Morgan fingerprint density at radius 3 is 2.14 bits per heavy atom. The van der Waals surface area contributed by atoms with Crippen LogP contribution < -0.4 is 19.1 Å². The fraction of sp³-hybridized carbons (Fsp3) is 0.375. The topological polar surface area (TPSA) is 105 Å². The van der Waals surface area contributed by atoms with Gasteiger partial charge in [-0.15, -0.1) is 0 Å². The van der Waals surface area contributed by atoms with Gasteiger partial charge in [-0.05, 0) is 63.4 Å². The fourth-order valence-corrected chi connectivity index (χ4v) is 5.81. The number of rotatable bonds is 14. The molecule has 3 rings (SSSR count). The van der Waals surface area contributed by atoms with Crippen molar-refractivity contribution in [1.82, 2.24) is 10.2 Å². The number of nitrogens with one attached hydrogen (secondary N) is 1. The summed E-state index contributed by atoms with van der Waals surface area (Å²) in [7, 11) is -1.35. The van der Waals surface area contributed by atoms with Crippen LogP contribution in [0.1, 0.15) is 38.3 Å². The molecule has 0 bridgehead atoms. The third-order valence-electron chi connectivity index (χ3n) is 7.20. The summed E-state index contributed by atoms with van der Waals surface area (Å²) >= 11 is 0. The summed E-state index contributed by atoms with van der Waals surface area (Å²) in [6, 6.07) is 19.9. The number of methoxy groups -OCH3 is 2. The lowest BCUT2D eigenvalue weighted by Crippen LogP contribution is -2.53. The number of amides is 2. The van der Waals surface area contributed by atoms with Crippen LogP contribution in [0, 0.1) is 6.92 Å². The van der Waals surface area contributed by atoms with Gasteiger partial charge >= 0.3 is 0 Å². The summed E-state index contributed by atoms with van der Waals surface area (Å²) in [6.07, 6.45) is 1.24. The number of carbonyl (C=O) groups is 2. The average Bonchev–Trinajstić information content (AvgIpc) is 3.00. The molecule has 0 unspecified atom stereocenters. The Morgan fingerprint density at radius 1 is 0.905 bits per heavy atom. The van der Waals surface area contributed by atoms with Crippen molar-refractivity contribution >= 4 is 27.5 Å². The van der Waals surface area contributed by atoms with E-state index in [1.54, 1.807) is 31.2 Å². The third-order valence-corrected chi connectivity index (χ3v) is 8.97. The van der Waals surface area contributed by atoms with Crippen LogP contribution in [0.25, 0.3) is 0 Å². The highest BCUT2D eigenvalue weighted by atomic mass is 32.2. The van der Waals surface area contributed by atoms with Gasteiger partial charge in [0.25, 0.3) is 10.0 Å². The van der Waals surface area contributed by atoms with E-state index in [4.69, 9.17) is 9.47 Å². The Labute approximate surface area is 249 Å². The number of anilines is 1. The molecular weight excluding hydrogens is 554 g/mol. The van der Waals surface area contributed by atoms with Gasteiger partial charge in [0.15, 0.2) is 11.5 Å². The van der Waals surface area contributed by atoms with Crippen LogP contribution in [-0.4, -0.2) is 64.5 Å². The second-order valence-corrected chi connectivity index (χ2v) is 12.0. The molecule has 9 nitrogen and oxygen atoms in total. The van der Waals surface area contributed by atoms with Gasteiger partial charge < -0.3 is 19.7 Å². The highest BCUT2D eigenvalue weighted by molar-refractivity contribution is 7.92. The quantitative estimate of drug-likeness (QED) is 0.293. The number of benzene rings is 3. The molecule has 2 amide bonds. The average molecular weight is 596 g/mol. The first kappa shape index (κ1) is 32.5. The number of carbonyl (C=O) groups excluding carboxylic acids is 2. The third kappa shape index (κ3) is 8.03. The van der Waals surface area contributed by atoms with E-state index in [0.29, 0.717) is 17.9 Å². The molecule has 0 heterocycles. The summed E-state index contributed by atoms with van der Waals surface area (Å²) < 4.78 is 39.9. The van der Waals surface area contributed by atoms with Gasteiger partial charge in [-0.2, -0.15) is 0 Å². The highest BCUT2D eigenvalue weighted by Crippen LogP contribution is 2.32. The van der Waals surface area contributed by atoms with Crippen LogP contribution in [0.5, 0.6) is 11.5 Å². The number of hydrogen-bond acceptors (Lipinski definition) is 6. The van der Waals surface area contributed by atoms with Gasteiger partial charge in [-0.1, -0.05) is 55.0 Å². The van der Waals surface area contributed by atoms with E-state index in [1.165, 1.54) is 37.3 Å². The number of sulfonamides is 1. The predicted molar refractivity (Wildman–Crippen MR) is 164 cm³/mol. The molecule has 0 spiro atoms. The first-order chi connectivity index (χ1) is 20.0. The summed E-state index contributed by atoms with van der Waals surface area (Å²) in [6.45, 7) is 7.15. The number of hydrogen-bond donors (Lipinski definition) is 1. The monoisotopic (exact) mass is 595 g/mol. The standard InChI is InChI=1S/C32H41N3O6S/c1-7-24(3)33-32(37)25(4)34(20-19-26-11-9-8-10-12-26)31(36)22-35(27-15-13-23(2)14-16-27)42(38,39)28-17-18-29(40-5)30(21-28)41-6/h8-18,21,24-25H,7,19-20,22H2,1-6H3,(H,33,37)/t24-,25-/m0/s1. The second kappa shape index (κ2) is 14.7. The van der Waals surface area contributed by atoms with Crippen LogP contribution in [-0.2, 0) is 26.0 Å². The second-order valence-electron chi connectivity index (χ2n) is 10.2. The summed E-state index contributed by atoms with van der Waals surface area (Å²) in [5, 5.41) is 2.94. The summed E-state index contributed by atoms with van der Waals surface area (Å²) in [5.74, 6) is -0.172. The fourth-order valence-electron chi connectivity index (χ4n) is 4.38. The molecule has 0 aliphatic heterocycles. The van der Waals surface area contributed by atoms with E-state index in [9.17, 15) is 18.0 Å². The molecule has 0 aliphatic carbocycles. The van der Waals surface area contributed by atoms with E-state index in [-0.39, 0.29) is 29.1 Å². The van der Waals surface area contributed by atoms with Crippen LogP contribution >= 0.6 is 0 Å². The largest absolute Gasteiger partial charge is 0.493 e. The molecule has 226 valence electrons. The molecule has 2 atom stereocenters. The van der Waals surface area contributed by atoms with Crippen molar-refractivity contribution in [1.29, 1.82) is 0 Å². The smallest absolute Gasteiger partial charge is 0.264 e. The lowest BCUT2D eigenvalue weighted by Gasteiger charge is -2.32. The Hall–Kier alpha value is -4.05. The van der Waals surface area contributed by atoms with Gasteiger partial charge in [0.2, 0.25) is 11.8 Å². The van der Waals surface area contributed by atoms with Crippen molar-refractivity contribution in [2.45, 2.75) is 57.5 Å². The van der Waals surface area contributed by atoms with E-state index < -0.39 is 28.5 Å². The molecule has 0 fully saturated rings. The van der Waals surface area contributed by atoms with E-state index in [0.717, 1.165) is 21.9 Å². The Kier molecular flexibility index (Phi) is 11.4.